The van der Waals surface area contributed by atoms with Crippen LogP contribution in [-0.4, -0.2) is 51.5 Å². The number of ether oxygens (including phenoxy) is 1. The van der Waals surface area contributed by atoms with Gasteiger partial charge in [-0.05, 0) is 44.4 Å². The molecule has 7 heteroatoms. The summed E-state index contributed by atoms with van der Waals surface area (Å²) in [4.78, 5) is 12.4. The molecule has 2 rings (SSSR count). The number of benzene rings is 1. The molecule has 1 aliphatic heterocycles. The van der Waals surface area contributed by atoms with Crippen molar-refractivity contribution in [3.05, 3.63) is 29.8 Å². The molecular formula is C18H28N2O4S. The zero-order valence-corrected chi connectivity index (χ0v) is 15.7. The molecule has 0 spiro atoms. The summed E-state index contributed by atoms with van der Waals surface area (Å²) in [5, 5.41) is 2.80. The van der Waals surface area contributed by atoms with Crippen LogP contribution < -0.4 is 5.32 Å². The van der Waals surface area contributed by atoms with E-state index in [1.165, 1.54) is 6.07 Å². The molecule has 1 N–H and O–H groups in total. The number of carbonyl (C=O) groups is 1. The van der Waals surface area contributed by atoms with E-state index < -0.39 is 10.0 Å². The maximum Gasteiger partial charge on any atom is 0.251 e. The third kappa shape index (κ3) is 5.80. The van der Waals surface area contributed by atoms with Crippen molar-refractivity contribution >= 4 is 15.9 Å². The minimum Gasteiger partial charge on any atom is -0.382 e. The Kier molecular flexibility index (Phi) is 7.87. The Morgan fingerprint density at radius 1 is 1.20 bits per heavy atom. The van der Waals surface area contributed by atoms with Gasteiger partial charge in [-0.25, -0.2) is 8.42 Å². The quantitative estimate of drug-likeness (QED) is 0.715. The minimum atomic E-state index is -3.54. The number of rotatable bonds is 8. The minimum absolute atomic E-state index is 0.191. The van der Waals surface area contributed by atoms with Crippen molar-refractivity contribution in [1.82, 2.24) is 9.62 Å². The van der Waals surface area contributed by atoms with Gasteiger partial charge in [0, 0.05) is 38.4 Å². The third-order valence-corrected chi connectivity index (χ3v) is 6.15. The normalized spacial score (nSPS) is 16.4. The Balaban J connectivity index is 2.03. The third-order valence-electron chi connectivity index (χ3n) is 4.25. The SMILES string of the molecule is CCOCCCNC(=O)c1cccc(S(=O)(=O)N2CCCCCC2)c1. The molecule has 0 atom stereocenters. The smallest absolute Gasteiger partial charge is 0.251 e. The van der Waals surface area contributed by atoms with Gasteiger partial charge in [0.25, 0.3) is 5.91 Å². The van der Waals surface area contributed by atoms with Crippen molar-refractivity contribution in [2.75, 3.05) is 32.8 Å². The average Bonchev–Trinajstić information content (AvgIpc) is 2.91. The molecule has 0 radical (unpaired) electrons. The van der Waals surface area contributed by atoms with Gasteiger partial charge in [0.1, 0.15) is 0 Å². The second-order valence-corrected chi connectivity index (χ2v) is 8.09. The van der Waals surface area contributed by atoms with Crippen molar-refractivity contribution in [2.45, 2.75) is 43.9 Å². The first-order chi connectivity index (χ1) is 12.1. The fourth-order valence-electron chi connectivity index (χ4n) is 2.85. The van der Waals surface area contributed by atoms with E-state index in [-0.39, 0.29) is 10.8 Å². The molecule has 25 heavy (non-hydrogen) atoms. The predicted octanol–water partition coefficient (Wildman–Crippen LogP) is 2.41. The van der Waals surface area contributed by atoms with E-state index >= 15 is 0 Å². The molecule has 0 bridgehead atoms. The second-order valence-electron chi connectivity index (χ2n) is 6.15. The van der Waals surface area contributed by atoms with Crippen LogP contribution in [0.3, 0.4) is 0 Å². The maximum atomic E-state index is 12.8. The van der Waals surface area contributed by atoms with Crippen LogP contribution in [0.4, 0.5) is 0 Å². The highest BCUT2D eigenvalue weighted by Crippen LogP contribution is 2.21. The Labute approximate surface area is 150 Å². The summed E-state index contributed by atoms with van der Waals surface area (Å²) in [5.41, 5.74) is 0.368. The van der Waals surface area contributed by atoms with E-state index in [9.17, 15) is 13.2 Å². The van der Waals surface area contributed by atoms with Crippen LogP contribution in [0.1, 0.15) is 49.4 Å². The van der Waals surface area contributed by atoms with E-state index in [0.29, 0.717) is 38.4 Å². The fraction of sp³-hybridized carbons (Fsp3) is 0.611. The van der Waals surface area contributed by atoms with E-state index in [2.05, 4.69) is 5.32 Å². The summed E-state index contributed by atoms with van der Waals surface area (Å²) in [6.45, 7) is 4.79. The van der Waals surface area contributed by atoms with Crippen LogP contribution in [0, 0.1) is 0 Å². The van der Waals surface area contributed by atoms with Crippen molar-refractivity contribution in [1.29, 1.82) is 0 Å². The molecule has 0 aliphatic carbocycles. The van der Waals surface area contributed by atoms with Gasteiger partial charge in [-0.15, -0.1) is 0 Å². The molecule has 0 aromatic heterocycles. The van der Waals surface area contributed by atoms with Gasteiger partial charge in [0.2, 0.25) is 10.0 Å². The molecule has 0 unspecified atom stereocenters. The summed E-state index contributed by atoms with van der Waals surface area (Å²) in [6, 6.07) is 6.29. The molecule has 1 amide bonds. The summed E-state index contributed by atoms with van der Waals surface area (Å²) in [7, 11) is -3.54. The van der Waals surface area contributed by atoms with Gasteiger partial charge < -0.3 is 10.1 Å². The van der Waals surface area contributed by atoms with Crippen LogP contribution in [0.25, 0.3) is 0 Å². The average molecular weight is 368 g/mol. The number of nitrogens with one attached hydrogen (secondary N) is 1. The van der Waals surface area contributed by atoms with Crippen LogP contribution in [0.2, 0.25) is 0 Å². The highest BCUT2D eigenvalue weighted by Gasteiger charge is 2.25. The summed E-state index contributed by atoms with van der Waals surface area (Å²) in [6.07, 6.45) is 4.64. The lowest BCUT2D eigenvalue weighted by Gasteiger charge is -2.20. The first-order valence-corrected chi connectivity index (χ1v) is 10.5. The molecule has 1 aromatic carbocycles. The number of sulfonamides is 1. The zero-order valence-electron chi connectivity index (χ0n) is 14.9. The maximum absolute atomic E-state index is 12.8. The Bertz CT molecular complexity index is 653. The summed E-state index contributed by atoms with van der Waals surface area (Å²) >= 11 is 0. The largest absolute Gasteiger partial charge is 0.382 e. The van der Waals surface area contributed by atoms with Crippen LogP contribution in [0.5, 0.6) is 0 Å². The lowest BCUT2D eigenvalue weighted by molar-refractivity contribution is 0.0944. The Morgan fingerprint density at radius 2 is 1.92 bits per heavy atom. The van der Waals surface area contributed by atoms with Crippen LogP contribution in [0.15, 0.2) is 29.2 Å². The highest BCUT2D eigenvalue weighted by molar-refractivity contribution is 7.89. The van der Waals surface area contributed by atoms with Crippen LogP contribution >= 0.6 is 0 Å². The van der Waals surface area contributed by atoms with Crippen molar-refractivity contribution in [3.63, 3.8) is 0 Å². The molecule has 1 aromatic rings. The second kappa shape index (κ2) is 9.89. The van der Waals surface area contributed by atoms with Crippen molar-refractivity contribution in [2.24, 2.45) is 0 Å². The molecule has 1 saturated heterocycles. The van der Waals surface area contributed by atoms with E-state index in [0.717, 1.165) is 32.1 Å². The number of hydrogen-bond acceptors (Lipinski definition) is 4. The Morgan fingerprint density at radius 3 is 2.60 bits per heavy atom. The van der Waals surface area contributed by atoms with Gasteiger partial charge in [-0.1, -0.05) is 18.9 Å². The van der Waals surface area contributed by atoms with Gasteiger partial charge in [0.05, 0.1) is 4.90 Å². The molecular weight excluding hydrogens is 340 g/mol. The van der Waals surface area contributed by atoms with Crippen LogP contribution in [-0.2, 0) is 14.8 Å². The number of hydrogen-bond donors (Lipinski definition) is 1. The zero-order chi connectivity index (χ0) is 18.1. The molecule has 1 heterocycles. The molecule has 1 fully saturated rings. The number of carbonyl (C=O) groups excluding carboxylic acids is 1. The van der Waals surface area contributed by atoms with Gasteiger partial charge in [-0.3, -0.25) is 4.79 Å². The predicted molar refractivity (Wildman–Crippen MR) is 97.1 cm³/mol. The molecule has 0 saturated carbocycles. The van der Waals surface area contributed by atoms with Crippen molar-refractivity contribution in [3.8, 4) is 0 Å². The lowest BCUT2D eigenvalue weighted by atomic mass is 10.2. The van der Waals surface area contributed by atoms with Gasteiger partial charge >= 0.3 is 0 Å². The molecule has 140 valence electrons. The fourth-order valence-corrected chi connectivity index (χ4v) is 4.41. The lowest BCUT2D eigenvalue weighted by Crippen LogP contribution is -2.32. The number of amides is 1. The van der Waals surface area contributed by atoms with Gasteiger partial charge in [0.15, 0.2) is 0 Å². The molecule has 1 aliphatic rings. The van der Waals surface area contributed by atoms with E-state index in [1.807, 2.05) is 6.92 Å². The summed E-state index contributed by atoms with van der Waals surface area (Å²) < 4.78 is 32.4. The monoisotopic (exact) mass is 368 g/mol. The highest BCUT2D eigenvalue weighted by atomic mass is 32.2. The topological polar surface area (TPSA) is 75.7 Å². The van der Waals surface area contributed by atoms with Gasteiger partial charge in [-0.2, -0.15) is 4.31 Å². The standard InChI is InChI=1S/C18H28N2O4S/c1-2-24-14-8-11-19-18(21)16-9-7-10-17(15-16)25(22,23)20-12-5-3-4-6-13-20/h7,9-10,15H,2-6,8,11-14H2,1H3,(H,19,21). The number of nitrogens with zero attached hydrogens (tertiary/aromatic N) is 1. The van der Waals surface area contributed by atoms with E-state index in [1.54, 1.807) is 22.5 Å². The molecule has 6 nitrogen and oxygen atoms in total. The summed E-state index contributed by atoms with van der Waals surface area (Å²) in [5.74, 6) is -0.260. The Hall–Kier alpha value is -1.44. The van der Waals surface area contributed by atoms with Crippen molar-refractivity contribution < 1.29 is 17.9 Å². The first kappa shape index (κ1) is 19.9. The first-order valence-electron chi connectivity index (χ1n) is 9.02. The van der Waals surface area contributed by atoms with E-state index in [4.69, 9.17) is 4.74 Å².